The second-order valence-electron chi connectivity index (χ2n) is 7.34. The predicted octanol–water partition coefficient (Wildman–Crippen LogP) is 3.34. The van der Waals surface area contributed by atoms with E-state index in [0.29, 0.717) is 5.56 Å². The van der Waals surface area contributed by atoms with E-state index in [1.54, 1.807) is 0 Å². The molecule has 26 heavy (non-hydrogen) atoms. The molecule has 2 fully saturated rings. The van der Waals surface area contributed by atoms with E-state index in [1.807, 2.05) is 12.2 Å². The summed E-state index contributed by atoms with van der Waals surface area (Å²) in [4.78, 5) is 25.1. The molecule has 4 nitrogen and oxygen atoms in total. The summed E-state index contributed by atoms with van der Waals surface area (Å²) in [6.07, 6.45) is 6.11. The van der Waals surface area contributed by atoms with Crippen molar-refractivity contribution >= 4 is 27.8 Å². The van der Waals surface area contributed by atoms with Gasteiger partial charge >= 0.3 is 5.97 Å². The van der Waals surface area contributed by atoms with E-state index in [0.717, 1.165) is 12.8 Å². The van der Waals surface area contributed by atoms with Crippen molar-refractivity contribution in [3.8, 4) is 0 Å². The molecule has 4 rings (SSSR count). The van der Waals surface area contributed by atoms with Crippen molar-refractivity contribution in [2.75, 3.05) is 7.11 Å². The zero-order valence-corrected chi connectivity index (χ0v) is 15.7. The number of amides is 1. The minimum atomic E-state index is -0.721. The summed E-state index contributed by atoms with van der Waals surface area (Å²) in [7, 11) is 1.33. The maximum absolute atomic E-state index is 13.6. The second-order valence-corrected chi connectivity index (χ2v) is 8.13. The van der Waals surface area contributed by atoms with Gasteiger partial charge in [-0.15, -0.1) is 0 Å². The second kappa shape index (κ2) is 6.15. The Morgan fingerprint density at radius 1 is 1.19 bits per heavy atom. The van der Waals surface area contributed by atoms with Crippen LogP contribution in [0.3, 0.4) is 0 Å². The molecule has 0 unspecified atom stereocenters. The van der Waals surface area contributed by atoms with Crippen molar-refractivity contribution in [3.63, 3.8) is 0 Å². The molecule has 1 spiro atoms. The quantitative estimate of drug-likeness (QED) is 0.457. The Morgan fingerprint density at radius 2 is 1.77 bits per heavy atom. The van der Waals surface area contributed by atoms with Crippen LogP contribution >= 0.6 is 15.9 Å². The Morgan fingerprint density at radius 3 is 2.31 bits per heavy atom. The zero-order valence-electron chi connectivity index (χ0n) is 14.1. The van der Waals surface area contributed by atoms with E-state index < -0.39 is 23.5 Å². The number of hydrogen-bond acceptors (Lipinski definition) is 3. The van der Waals surface area contributed by atoms with Crippen LogP contribution in [-0.4, -0.2) is 19.0 Å². The van der Waals surface area contributed by atoms with E-state index in [1.165, 1.54) is 19.2 Å². The molecule has 7 heteroatoms. The number of allylic oxidation sites excluding steroid dienone is 2. The average molecular weight is 426 g/mol. The molecule has 0 aliphatic heterocycles. The fourth-order valence-electron chi connectivity index (χ4n) is 4.83. The third-order valence-electron chi connectivity index (χ3n) is 6.13. The Hall–Kier alpha value is -1.76. The largest absolute Gasteiger partial charge is 0.469 e. The van der Waals surface area contributed by atoms with E-state index in [-0.39, 0.29) is 40.1 Å². The van der Waals surface area contributed by atoms with Gasteiger partial charge in [0.1, 0.15) is 11.6 Å². The first-order valence-electron chi connectivity index (χ1n) is 8.56. The standard InChI is InChI=1S/C19H18BrF2NO3/c1-26-18(25)15-11-3-2-10(19(11)4-5-19)14(15)17(24)23-8-9-6-12(21)16(20)13(22)7-9/h2-3,6-7,10-11,14-15H,4-5,8H2,1H3,(H,23,24)/t10-,11+,14+,15+/m0/s1. The third kappa shape index (κ3) is 2.51. The zero-order chi connectivity index (χ0) is 18.6. The van der Waals surface area contributed by atoms with Gasteiger partial charge in [0.25, 0.3) is 0 Å². The van der Waals surface area contributed by atoms with Crippen LogP contribution in [0.2, 0.25) is 0 Å². The van der Waals surface area contributed by atoms with Gasteiger partial charge in [-0.3, -0.25) is 9.59 Å². The van der Waals surface area contributed by atoms with Gasteiger partial charge in [0.2, 0.25) is 5.91 Å². The summed E-state index contributed by atoms with van der Waals surface area (Å²) in [5.41, 5.74) is 0.349. The van der Waals surface area contributed by atoms with Crippen molar-refractivity contribution in [1.82, 2.24) is 5.32 Å². The molecule has 2 bridgehead atoms. The van der Waals surface area contributed by atoms with E-state index in [4.69, 9.17) is 4.74 Å². The number of benzene rings is 1. The van der Waals surface area contributed by atoms with Crippen molar-refractivity contribution < 1.29 is 23.1 Å². The highest BCUT2D eigenvalue weighted by Gasteiger charge is 2.70. The minimum Gasteiger partial charge on any atom is -0.469 e. The number of nitrogens with one attached hydrogen (secondary N) is 1. The Bertz CT molecular complexity index is 798. The first-order valence-corrected chi connectivity index (χ1v) is 9.35. The van der Waals surface area contributed by atoms with Gasteiger partial charge in [0.05, 0.1) is 23.4 Å². The lowest BCUT2D eigenvalue weighted by atomic mass is 9.82. The lowest BCUT2D eigenvalue weighted by Crippen LogP contribution is -2.40. The summed E-state index contributed by atoms with van der Waals surface area (Å²) in [6, 6.07) is 2.35. The molecule has 1 amide bonds. The molecule has 3 aliphatic rings. The first kappa shape index (κ1) is 17.6. The molecular formula is C19H18BrF2NO3. The number of carbonyl (C=O) groups excluding carboxylic acids is 2. The van der Waals surface area contributed by atoms with Gasteiger partial charge < -0.3 is 10.1 Å². The molecule has 1 aromatic rings. The number of ether oxygens (including phenoxy) is 1. The van der Waals surface area contributed by atoms with Crippen LogP contribution in [0.1, 0.15) is 18.4 Å². The summed E-state index contributed by atoms with van der Waals surface area (Å²) < 4.78 is 32.0. The van der Waals surface area contributed by atoms with Crippen molar-refractivity contribution in [3.05, 3.63) is 46.0 Å². The molecule has 0 saturated heterocycles. The maximum atomic E-state index is 13.6. The summed E-state index contributed by atoms with van der Waals surface area (Å²) in [5, 5.41) is 2.74. The van der Waals surface area contributed by atoms with Crippen LogP contribution in [0.25, 0.3) is 0 Å². The Kier molecular flexibility index (Phi) is 4.17. The fraction of sp³-hybridized carbons (Fsp3) is 0.474. The molecule has 3 aliphatic carbocycles. The van der Waals surface area contributed by atoms with Crippen LogP contribution in [-0.2, 0) is 20.9 Å². The highest BCUT2D eigenvalue weighted by molar-refractivity contribution is 9.10. The van der Waals surface area contributed by atoms with Crippen LogP contribution < -0.4 is 5.32 Å². The molecule has 1 N–H and O–H groups in total. The number of esters is 1. The predicted molar refractivity (Wildman–Crippen MR) is 92.7 cm³/mol. The highest BCUT2D eigenvalue weighted by Crippen LogP contribution is 2.72. The minimum absolute atomic E-state index is 0.00154. The summed E-state index contributed by atoms with van der Waals surface area (Å²) in [5.74, 6) is -3.00. The van der Waals surface area contributed by atoms with Gasteiger partial charge in [-0.2, -0.15) is 0 Å². The van der Waals surface area contributed by atoms with E-state index >= 15 is 0 Å². The van der Waals surface area contributed by atoms with Gasteiger partial charge in [-0.25, -0.2) is 8.78 Å². The molecule has 1 aromatic carbocycles. The molecule has 0 aromatic heterocycles. The van der Waals surface area contributed by atoms with Crippen molar-refractivity contribution in [1.29, 1.82) is 0 Å². The average Bonchev–Trinajstić information content (AvgIpc) is 3.29. The molecular weight excluding hydrogens is 408 g/mol. The summed E-state index contributed by atoms with van der Waals surface area (Å²) >= 11 is 2.82. The molecule has 4 atom stereocenters. The first-order chi connectivity index (χ1) is 12.4. The molecule has 0 radical (unpaired) electrons. The van der Waals surface area contributed by atoms with E-state index in [2.05, 4.69) is 21.2 Å². The van der Waals surface area contributed by atoms with E-state index in [9.17, 15) is 18.4 Å². The van der Waals surface area contributed by atoms with Crippen LogP contribution in [0.4, 0.5) is 8.78 Å². The lowest BCUT2D eigenvalue weighted by molar-refractivity contribution is -0.151. The number of rotatable bonds is 4. The van der Waals surface area contributed by atoms with Gasteiger partial charge in [0, 0.05) is 6.54 Å². The number of carbonyl (C=O) groups is 2. The van der Waals surface area contributed by atoms with Crippen LogP contribution in [0.5, 0.6) is 0 Å². The van der Waals surface area contributed by atoms with Gasteiger partial charge in [-0.1, -0.05) is 12.2 Å². The SMILES string of the molecule is COC(=O)[C@H]1[C@H](C(=O)NCc2cc(F)c(Br)c(F)c2)[C@@H]2C=C[C@H]1C21CC1. The Labute approximate surface area is 158 Å². The van der Waals surface area contributed by atoms with Gasteiger partial charge in [0.15, 0.2) is 0 Å². The number of methoxy groups -OCH3 is 1. The molecule has 138 valence electrons. The smallest absolute Gasteiger partial charge is 0.310 e. The highest BCUT2D eigenvalue weighted by atomic mass is 79.9. The monoisotopic (exact) mass is 425 g/mol. The van der Waals surface area contributed by atoms with Gasteiger partial charge in [-0.05, 0) is 63.7 Å². The molecule has 2 saturated carbocycles. The Balaban J connectivity index is 1.52. The number of halogens is 3. The fourth-order valence-corrected chi connectivity index (χ4v) is 5.06. The number of hydrogen-bond donors (Lipinski definition) is 1. The lowest BCUT2D eigenvalue weighted by Gasteiger charge is -2.25. The molecule has 0 heterocycles. The summed E-state index contributed by atoms with van der Waals surface area (Å²) in [6.45, 7) is -0.00154. The topological polar surface area (TPSA) is 55.4 Å². The van der Waals surface area contributed by atoms with Crippen molar-refractivity contribution in [2.45, 2.75) is 19.4 Å². The van der Waals surface area contributed by atoms with Crippen LogP contribution in [0, 0.1) is 40.7 Å². The van der Waals surface area contributed by atoms with Crippen molar-refractivity contribution in [2.24, 2.45) is 29.1 Å². The third-order valence-corrected chi connectivity index (χ3v) is 6.89. The normalized spacial score (nSPS) is 29.8. The maximum Gasteiger partial charge on any atom is 0.310 e. The van der Waals surface area contributed by atoms with Crippen LogP contribution in [0.15, 0.2) is 28.8 Å².